The molecule has 5 nitrogen and oxygen atoms in total. The van der Waals surface area contributed by atoms with E-state index in [0.717, 1.165) is 37.6 Å². The summed E-state index contributed by atoms with van der Waals surface area (Å²) in [5.41, 5.74) is 0.825. The van der Waals surface area contributed by atoms with Crippen molar-refractivity contribution in [1.82, 2.24) is 14.9 Å². The van der Waals surface area contributed by atoms with Gasteiger partial charge < -0.3 is 10.0 Å². The number of likely N-dealkylation sites (tertiary alicyclic amines) is 1. The number of rotatable bonds is 6. The van der Waals surface area contributed by atoms with E-state index in [9.17, 15) is 9.90 Å². The lowest BCUT2D eigenvalue weighted by Crippen LogP contribution is -2.31. The molecule has 1 aliphatic rings. The zero-order chi connectivity index (χ0) is 15.2. The molecule has 0 saturated carbocycles. The Morgan fingerprint density at radius 3 is 2.62 bits per heavy atom. The quantitative estimate of drug-likeness (QED) is 0.643. The van der Waals surface area contributed by atoms with Crippen LogP contribution in [-0.4, -0.2) is 51.3 Å². The van der Waals surface area contributed by atoms with Gasteiger partial charge in [0.15, 0.2) is 0 Å². The Kier molecular flexibility index (Phi) is 5.99. The molecule has 1 aromatic heterocycles. The molecule has 0 bridgehead atoms. The summed E-state index contributed by atoms with van der Waals surface area (Å²) >= 11 is 1.54. The number of nitrogens with zero attached hydrogens (tertiary/aromatic N) is 3. The van der Waals surface area contributed by atoms with Crippen LogP contribution in [-0.2, 0) is 6.42 Å². The van der Waals surface area contributed by atoms with Crippen molar-refractivity contribution in [2.24, 2.45) is 0 Å². The van der Waals surface area contributed by atoms with Crippen molar-refractivity contribution in [2.45, 2.75) is 44.6 Å². The highest BCUT2D eigenvalue weighted by molar-refractivity contribution is 7.99. The summed E-state index contributed by atoms with van der Waals surface area (Å²) in [5, 5.41) is 9.97. The van der Waals surface area contributed by atoms with Crippen LogP contribution in [0.25, 0.3) is 0 Å². The minimum absolute atomic E-state index is 0.260. The summed E-state index contributed by atoms with van der Waals surface area (Å²) in [7, 11) is 0. The molecule has 0 unspecified atom stereocenters. The number of hydrogen-bond donors (Lipinski definition) is 1. The third-order valence-electron chi connectivity index (χ3n) is 3.73. The van der Waals surface area contributed by atoms with Crippen LogP contribution in [0.5, 0.6) is 0 Å². The van der Waals surface area contributed by atoms with Crippen molar-refractivity contribution < 1.29 is 9.90 Å². The fourth-order valence-electron chi connectivity index (χ4n) is 2.57. The van der Waals surface area contributed by atoms with Crippen LogP contribution in [0.3, 0.4) is 0 Å². The lowest BCUT2D eigenvalue weighted by molar-refractivity contribution is 0.0690. The SMILES string of the molecule is CCc1nc(C)c(C(=O)O)c(SCCN2CCCCC2)n1. The smallest absolute Gasteiger partial charge is 0.340 e. The molecule has 0 aliphatic carbocycles. The van der Waals surface area contributed by atoms with Gasteiger partial charge in [0.25, 0.3) is 0 Å². The van der Waals surface area contributed by atoms with Crippen LogP contribution in [0.15, 0.2) is 5.03 Å². The number of piperidine rings is 1. The Morgan fingerprint density at radius 1 is 1.29 bits per heavy atom. The Labute approximate surface area is 130 Å². The van der Waals surface area contributed by atoms with E-state index >= 15 is 0 Å². The first-order valence-corrected chi connectivity index (χ1v) is 8.56. The molecule has 0 spiro atoms. The van der Waals surface area contributed by atoms with Crippen molar-refractivity contribution >= 4 is 17.7 Å². The second-order valence-electron chi connectivity index (χ2n) is 5.31. The highest BCUT2D eigenvalue weighted by atomic mass is 32.2. The van der Waals surface area contributed by atoms with E-state index in [4.69, 9.17) is 0 Å². The molecule has 116 valence electrons. The second kappa shape index (κ2) is 7.75. The van der Waals surface area contributed by atoms with E-state index in [2.05, 4.69) is 14.9 Å². The number of aryl methyl sites for hydroxylation is 2. The van der Waals surface area contributed by atoms with Crippen molar-refractivity contribution in [2.75, 3.05) is 25.4 Å². The van der Waals surface area contributed by atoms with Crippen molar-refractivity contribution in [3.8, 4) is 0 Å². The molecule has 1 aromatic rings. The third-order valence-corrected chi connectivity index (χ3v) is 4.68. The first-order valence-electron chi connectivity index (χ1n) is 7.57. The van der Waals surface area contributed by atoms with Gasteiger partial charge in [0.1, 0.15) is 16.4 Å². The largest absolute Gasteiger partial charge is 0.478 e. The second-order valence-corrected chi connectivity index (χ2v) is 6.40. The van der Waals surface area contributed by atoms with E-state index in [1.54, 1.807) is 6.92 Å². The van der Waals surface area contributed by atoms with Crippen LogP contribution in [0, 0.1) is 6.92 Å². The molecule has 0 radical (unpaired) electrons. The summed E-state index contributed by atoms with van der Waals surface area (Å²) < 4.78 is 0. The van der Waals surface area contributed by atoms with Gasteiger partial charge in [-0.15, -0.1) is 11.8 Å². The van der Waals surface area contributed by atoms with Gasteiger partial charge in [-0.3, -0.25) is 0 Å². The molecule has 21 heavy (non-hydrogen) atoms. The van der Waals surface area contributed by atoms with Crippen LogP contribution < -0.4 is 0 Å². The number of hydrogen-bond acceptors (Lipinski definition) is 5. The fourth-order valence-corrected chi connectivity index (χ4v) is 3.66. The average molecular weight is 309 g/mol. The molecule has 0 amide bonds. The monoisotopic (exact) mass is 309 g/mol. The standard InChI is InChI=1S/C15H23N3O2S/c1-3-12-16-11(2)13(15(19)20)14(17-12)21-10-9-18-7-5-4-6-8-18/h3-10H2,1-2H3,(H,19,20). The highest BCUT2D eigenvalue weighted by Crippen LogP contribution is 2.23. The third kappa shape index (κ3) is 4.41. The van der Waals surface area contributed by atoms with Crippen LogP contribution >= 0.6 is 11.8 Å². The maximum atomic E-state index is 11.4. The van der Waals surface area contributed by atoms with Crippen LogP contribution in [0.4, 0.5) is 0 Å². The number of carboxylic acid groups (broad SMARTS) is 1. The van der Waals surface area contributed by atoms with Gasteiger partial charge >= 0.3 is 5.97 Å². The Morgan fingerprint density at radius 2 is 2.00 bits per heavy atom. The Bertz CT molecular complexity index is 502. The topological polar surface area (TPSA) is 66.3 Å². The molecule has 6 heteroatoms. The van der Waals surface area contributed by atoms with Gasteiger partial charge in [0.05, 0.1) is 5.69 Å². The van der Waals surface area contributed by atoms with Gasteiger partial charge in [-0.1, -0.05) is 13.3 Å². The number of carbonyl (C=O) groups is 1. The molecule has 2 rings (SSSR count). The van der Waals surface area contributed by atoms with Crippen molar-refractivity contribution in [3.63, 3.8) is 0 Å². The molecular weight excluding hydrogens is 286 g/mol. The number of thioether (sulfide) groups is 1. The first-order chi connectivity index (χ1) is 10.1. The predicted molar refractivity (Wildman–Crippen MR) is 84.1 cm³/mol. The molecule has 1 saturated heterocycles. The molecule has 0 aromatic carbocycles. The summed E-state index contributed by atoms with van der Waals surface area (Å²) in [6, 6.07) is 0. The molecule has 0 atom stereocenters. The summed E-state index contributed by atoms with van der Waals surface area (Å²) in [5.74, 6) is 0.661. The highest BCUT2D eigenvalue weighted by Gasteiger charge is 2.18. The van der Waals surface area contributed by atoms with E-state index in [1.165, 1.54) is 31.0 Å². The maximum Gasteiger partial charge on any atom is 0.340 e. The molecular formula is C15H23N3O2S. The minimum Gasteiger partial charge on any atom is -0.478 e. The molecule has 2 heterocycles. The zero-order valence-electron chi connectivity index (χ0n) is 12.8. The number of aromatic carboxylic acids is 1. The summed E-state index contributed by atoms with van der Waals surface area (Å²) in [6.45, 7) is 7.05. The minimum atomic E-state index is -0.935. The normalized spacial score (nSPS) is 16.1. The molecule has 1 fully saturated rings. The number of aromatic nitrogens is 2. The molecule has 1 aliphatic heterocycles. The van der Waals surface area contributed by atoms with Gasteiger partial charge in [-0.2, -0.15) is 0 Å². The van der Waals surface area contributed by atoms with Gasteiger partial charge in [-0.25, -0.2) is 14.8 Å². The lowest BCUT2D eigenvalue weighted by atomic mass is 10.1. The zero-order valence-corrected chi connectivity index (χ0v) is 13.6. The maximum absolute atomic E-state index is 11.4. The van der Waals surface area contributed by atoms with E-state index in [-0.39, 0.29) is 5.56 Å². The fraction of sp³-hybridized carbons (Fsp3) is 0.667. The van der Waals surface area contributed by atoms with Crippen LogP contribution in [0.1, 0.15) is 48.1 Å². The van der Waals surface area contributed by atoms with E-state index < -0.39 is 5.97 Å². The average Bonchev–Trinajstić information content (AvgIpc) is 2.47. The van der Waals surface area contributed by atoms with E-state index in [1.807, 2.05) is 6.92 Å². The van der Waals surface area contributed by atoms with E-state index in [0.29, 0.717) is 10.7 Å². The van der Waals surface area contributed by atoms with Gasteiger partial charge in [0.2, 0.25) is 0 Å². The summed E-state index contributed by atoms with van der Waals surface area (Å²) in [4.78, 5) is 22.5. The van der Waals surface area contributed by atoms with Gasteiger partial charge in [0, 0.05) is 18.7 Å². The first kappa shape index (κ1) is 16.2. The number of carboxylic acids is 1. The van der Waals surface area contributed by atoms with Crippen LogP contribution in [0.2, 0.25) is 0 Å². The summed E-state index contributed by atoms with van der Waals surface area (Å²) in [6.07, 6.45) is 4.60. The Balaban J connectivity index is 2.03. The van der Waals surface area contributed by atoms with Gasteiger partial charge in [-0.05, 0) is 32.9 Å². The Hall–Kier alpha value is -1.14. The predicted octanol–water partition coefficient (Wildman–Crippen LogP) is 2.62. The van der Waals surface area contributed by atoms with Crippen molar-refractivity contribution in [1.29, 1.82) is 0 Å². The lowest BCUT2D eigenvalue weighted by Gasteiger charge is -2.26. The molecule has 1 N–H and O–H groups in total. The van der Waals surface area contributed by atoms with Crippen molar-refractivity contribution in [3.05, 3.63) is 17.1 Å².